The van der Waals surface area contributed by atoms with Gasteiger partial charge < -0.3 is 15.5 Å². The third-order valence-electron chi connectivity index (χ3n) is 3.89. The van der Waals surface area contributed by atoms with E-state index in [-0.39, 0.29) is 42.1 Å². The SMILES string of the molecule is CN=C(NCCNC(=O)Cc1cccc(F)c1)N(C)Cc1ccc(Br)cc1.I. The van der Waals surface area contributed by atoms with Crippen LogP contribution in [0.2, 0.25) is 0 Å². The van der Waals surface area contributed by atoms with E-state index in [1.165, 1.54) is 17.7 Å². The second kappa shape index (κ2) is 12.7. The summed E-state index contributed by atoms with van der Waals surface area (Å²) in [6.45, 7) is 1.73. The minimum atomic E-state index is -0.334. The van der Waals surface area contributed by atoms with Gasteiger partial charge >= 0.3 is 0 Å². The van der Waals surface area contributed by atoms with Crippen LogP contribution in [0.1, 0.15) is 11.1 Å². The summed E-state index contributed by atoms with van der Waals surface area (Å²) in [5.74, 6) is 0.275. The molecule has 5 nitrogen and oxygen atoms in total. The van der Waals surface area contributed by atoms with Crippen LogP contribution in [0.3, 0.4) is 0 Å². The lowest BCUT2D eigenvalue weighted by Crippen LogP contribution is -2.42. The number of hydrogen-bond donors (Lipinski definition) is 2. The summed E-state index contributed by atoms with van der Waals surface area (Å²) in [4.78, 5) is 18.2. The lowest BCUT2D eigenvalue weighted by atomic mass is 10.1. The average Bonchev–Trinajstić information content (AvgIpc) is 2.63. The number of aliphatic imine (C=N–C) groups is 1. The molecule has 0 radical (unpaired) electrons. The molecule has 0 fully saturated rings. The van der Waals surface area contributed by atoms with Crippen molar-refractivity contribution in [2.45, 2.75) is 13.0 Å². The molecule has 28 heavy (non-hydrogen) atoms. The summed E-state index contributed by atoms with van der Waals surface area (Å²) in [5.41, 5.74) is 1.83. The molecule has 0 spiro atoms. The first-order valence-electron chi connectivity index (χ1n) is 8.65. The minimum absolute atomic E-state index is 0. The normalized spacial score (nSPS) is 10.8. The van der Waals surface area contributed by atoms with Gasteiger partial charge in [-0.3, -0.25) is 9.79 Å². The molecular weight excluding hydrogens is 538 g/mol. The Morgan fingerprint density at radius 1 is 1.11 bits per heavy atom. The predicted octanol–water partition coefficient (Wildman–Crippen LogP) is 3.57. The summed E-state index contributed by atoms with van der Waals surface area (Å²) < 4.78 is 14.2. The van der Waals surface area contributed by atoms with E-state index < -0.39 is 0 Å². The lowest BCUT2D eigenvalue weighted by Gasteiger charge is -2.22. The summed E-state index contributed by atoms with van der Waals surface area (Å²) in [6, 6.07) is 14.2. The zero-order valence-electron chi connectivity index (χ0n) is 15.9. The minimum Gasteiger partial charge on any atom is -0.354 e. The van der Waals surface area contributed by atoms with E-state index in [0.29, 0.717) is 18.7 Å². The van der Waals surface area contributed by atoms with Crippen molar-refractivity contribution in [3.05, 3.63) is 69.9 Å². The Labute approximate surface area is 191 Å². The number of amides is 1. The summed E-state index contributed by atoms with van der Waals surface area (Å²) in [6.07, 6.45) is 0.163. The number of nitrogens with one attached hydrogen (secondary N) is 2. The van der Waals surface area contributed by atoms with E-state index >= 15 is 0 Å². The van der Waals surface area contributed by atoms with Crippen molar-refractivity contribution < 1.29 is 9.18 Å². The van der Waals surface area contributed by atoms with E-state index in [1.54, 1.807) is 19.2 Å². The average molecular weight is 563 g/mol. The van der Waals surface area contributed by atoms with Crippen LogP contribution in [0, 0.1) is 5.82 Å². The largest absolute Gasteiger partial charge is 0.354 e. The summed E-state index contributed by atoms with van der Waals surface area (Å²) in [5, 5.41) is 6.04. The smallest absolute Gasteiger partial charge is 0.224 e. The zero-order chi connectivity index (χ0) is 19.6. The first-order valence-corrected chi connectivity index (χ1v) is 9.44. The topological polar surface area (TPSA) is 56.7 Å². The van der Waals surface area contributed by atoms with Crippen LogP contribution in [-0.4, -0.2) is 44.0 Å². The Kier molecular flexibility index (Phi) is 11.1. The van der Waals surface area contributed by atoms with Gasteiger partial charge in [0, 0.05) is 38.2 Å². The molecule has 8 heteroatoms. The van der Waals surface area contributed by atoms with Gasteiger partial charge in [0.2, 0.25) is 5.91 Å². The van der Waals surface area contributed by atoms with Crippen molar-refractivity contribution in [2.75, 3.05) is 27.2 Å². The summed E-state index contributed by atoms with van der Waals surface area (Å²) in [7, 11) is 3.68. The molecule has 0 aliphatic carbocycles. The van der Waals surface area contributed by atoms with Crippen LogP contribution in [-0.2, 0) is 17.8 Å². The molecule has 0 saturated carbocycles. The Balaban J connectivity index is 0.00000392. The number of benzene rings is 2. The van der Waals surface area contributed by atoms with Crippen molar-refractivity contribution in [2.24, 2.45) is 4.99 Å². The highest BCUT2D eigenvalue weighted by molar-refractivity contribution is 14.0. The second-order valence-corrected chi connectivity index (χ2v) is 7.03. The molecule has 0 unspecified atom stereocenters. The Morgan fingerprint density at radius 3 is 2.43 bits per heavy atom. The van der Waals surface area contributed by atoms with Crippen LogP contribution in [0.15, 0.2) is 58.0 Å². The molecule has 2 N–H and O–H groups in total. The Hall–Kier alpha value is -1.68. The van der Waals surface area contributed by atoms with E-state index in [2.05, 4.69) is 43.7 Å². The number of carbonyl (C=O) groups is 1. The van der Waals surface area contributed by atoms with E-state index in [0.717, 1.165) is 17.0 Å². The van der Waals surface area contributed by atoms with Gasteiger partial charge in [-0.2, -0.15) is 0 Å². The van der Waals surface area contributed by atoms with E-state index in [4.69, 9.17) is 0 Å². The fraction of sp³-hybridized carbons (Fsp3) is 0.300. The van der Waals surface area contributed by atoms with Gasteiger partial charge in [0.1, 0.15) is 5.82 Å². The highest BCUT2D eigenvalue weighted by Gasteiger charge is 2.07. The van der Waals surface area contributed by atoms with Crippen molar-refractivity contribution in [1.82, 2.24) is 15.5 Å². The predicted molar refractivity (Wildman–Crippen MR) is 125 cm³/mol. The molecule has 0 saturated heterocycles. The number of carbonyl (C=O) groups excluding carboxylic acids is 1. The number of halogens is 3. The van der Waals surface area contributed by atoms with Crippen molar-refractivity contribution in [3.8, 4) is 0 Å². The fourth-order valence-corrected chi connectivity index (χ4v) is 2.86. The van der Waals surface area contributed by atoms with Crippen molar-refractivity contribution in [1.29, 1.82) is 0 Å². The molecule has 0 bridgehead atoms. The zero-order valence-corrected chi connectivity index (χ0v) is 19.8. The Bertz CT molecular complexity index is 786. The third kappa shape index (κ3) is 8.55. The fourth-order valence-electron chi connectivity index (χ4n) is 2.59. The molecule has 2 rings (SSSR count). The number of guanidine groups is 1. The molecule has 0 aliphatic rings. The van der Waals surface area contributed by atoms with E-state index in [1.807, 2.05) is 24.1 Å². The molecule has 152 valence electrons. The lowest BCUT2D eigenvalue weighted by molar-refractivity contribution is -0.120. The Morgan fingerprint density at radius 2 is 1.79 bits per heavy atom. The van der Waals surface area contributed by atoms with Gasteiger partial charge in [0.25, 0.3) is 0 Å². The quantitative estimate of drug-likeness (QED) is 0.235. The van der Waals surface area contributed by atoms with Crippen molar-refractivity contribution >= 4 is 51.8 Å². The van der Waals surface area contributed by atoms with Gasteiger partial charge in [-0.05, 0) is 35.4 Å². The maximum Gasteiger partial charge on any atom is 0.224 e. The highest BCUT2D eigenvalue weighted by atomic mass is 127. The molecule has 0 atom stereocenters. The highest BCUT2D eigenvalue weighted by Crippen LogP contribution is 2.11. The molecule has 0 aromatic heterocycles. The van der Waals surface area contributed by atoms with Gasteiger partial charge in [-0.25, -0.2) is 4.39 Å². The number of rotatable bonds is 7. The molecular formula is C20H25BrFIN4O. The monoisotopic (exact) mass is 562 g/mol. The molecule has 0 aliphatic heterocycles. The first-order chi connectivity index (χ1) is 13.0. The second-order valence-electron chi connectivity index (χ2n) is 6.11. The van der Waals surface area contributed by atoms with Crippen LogP contribution in [0.5, 0.6) is 0 Å². The van der Waals surface area contributed by atoms with Crippen LogP contribution >= 0.6 is 39.9 Å². The maximum atomic E-state index is 13.1. The van der Waals surface area contributed by atoms with Crippen LogP contribution in [0.4, 0.5) is 4.39 Å². The van der Waals surface area contributed by atoms with Gasteiger partial charge in [0.05, 0.1) is 6.42 Å². The molecule has 0 heterocycles. The first kappa shape index (κ1) is 24.4. The number of hydrogen-bond acceptors (Lipinski definition) is 2. The van der Waals surface area contributed by atoms with Gasteiger partial charge in [0.15, 0.2) is 5.96 Å². The van der Waals surface area contributed by atoms with Crippen molar-refractivity contribution in [3.63, 3.8) is 0 Å². The number of nitrogens with zero attached hydrogens (tertiary/aromatic N) is 2. The molecule has 2 aromatic rings. The maximum absolute atomic E-state index is 13.1. The van der Waals surface area contributed by atoms with Crippen LogP contribution < -0.4 is 10.6 Å². The standard InChI is InChI=1S/C20H24BrFN4O.HI/c1-23-20(26(2)14-15-6-8-17(21)9-7-15)25-11-10-24-19(27)13-16-4-3-5-18(22)12-16;/h3-9,12H,10-11,13-14H2,1-2H3,(H,23,25)(H,24,27);1H. The van der Waals surface area contributed by atoms with Gasteiger partial charge in [-0.15, -0.1) is 24.0 Å². The molecule has 1 amide bonds. The molecule has 2 aromatic carbocycles. The summed E-state index contributed by atoms with van der Waals surface area (Å²) >= 11 is 3.43. The third-order valence-corrected chi connectivity index (χ3v) is 4.42. The van der Waals surface area contributed by atoms with Gasteiger partial charge in [-0.1, -0.05) is 40.2 Å². The van der Waals surface area contributed by atoms with Crippen LogP contribution in [0.25, 0.3) is 0 Å². The van der Waals surface area contributed by atoms with E-state index in [9.17, 15) is 9.18 Å².